The minimum Gasteiger partial charge on any atom is -0.478 e. The van der Waals surface area contributed by atoms with E-state index in [9.17, 15) is 5.11 Å². The average Bonchev–Trinajstić information content (AvgIpc) is 2.46. The summed E-state index contributed by atoms with van der Waals surface area (Å²) < 4.78 is 5.68. The molecule has 1 aromatic heterocycles. The highest BCUT2D eigenvalue weighted by Crippen LogP contribution is 2.22. The van der Waals surface area contributed by atoms with Crippen molar-refractivity contribution in [2.45, 2.75) is 39.2 Å². The Morgan fingerprint density at radius 1 is 1.16 bits per heavy atom. The van der Waals surface area contributed by atoms with Crippen molar-refractivity contribution >= 4 is 10.9 Å². The van der Waals surface area contributed by atoms with Gasteiger partial charge in [-0.3, -0.25) is 0 Å². The number of aromatic nitrogens is 1. The van der Waals surface area contributed by atoms with E-state index in [1.807, 2.05) is 30.3 Å². The molecule has 19 heavy (non-hydrogen) atoms. The van der Waals surface area contributed by atoms with Crippen LogP contribution < -0.4 is 4.74 Å². The van der Waals surface area contributed by atoms with Gasteiger partial charge in [0.1, 0.15) is 0 Å². The molecule has 0 saturated heterocycles. The van der Waals surface area contributed by atoms with E-state index in [4.69, 9.17) is 4.74 Å². The smallest absolute Gasteiger partial charge is 0.214 e. The predicted molar refractivity (Wildman–Crippen MR) is 77.3 cm³/mol. The molecule has 0 atom stereocenters. The number of benzene rings is 1. The van der Waals surface area contributed by atoms with Crippen LogP contribution in [0.25, 0.3) is 10.9 Å². The van der Waals surface area contributed by atoms with Crippen molar-refractivity contribution in [3.63, 3.8) is 0 Å². The Labute approximate surface area is 114 Å². The average molecular weight is 259 g/mol. The molecule has 0 amide bonds. The molecular weight excluding hydrogens is 238 g/mol. The van der Waals surface area contributed by atoms with E-state index < -0.39 is 0 Å². The molecule has 0 aliphatic heterocycles. The first-order valence-corrected chi connectivity index (χ1v) is 6.97. The first-order chi connectivity index (χ1) is 9.35. The Morgan fingerprint density at radius 3 is 2.79 bits per heavy atom. The van der Waals surface area contributed by atoms with Gasteiger partial charge >= 0.3 is 0 Å². The molecule has 1 aromatic carbocycles. The van der Waals surface area contributed by atoms with Gasteiger partial charge in [-0.05, 0) is 18.1 Å². The van der Waals surface area contributed by atoms with Crippen molar-refractivity contribution in [3.05, 3.63) is 35.9 Å². The van der Waals surface area contributed by atoms with Gasteiger partial charge in [-0.25, -0.2) is 4.98 Å². The van der Waals surface area contributed by atoms with Gasteiger partial charge in [-0.1, -0.05) is 44.4 Å². The molecular formula is C16H21NO2. The van der Waals surface area contributed by atoms with Gasteiger partial charge < -0.3 is 9.84 Å². The SMILES string of the molecule is CCCCCCOc1cc(CO)c2ccccc2n1. The first-order valence-electron chi connectivity index (χ1n) is 6.97. The first kappa shape index (κ1) is 13.8. The summed E-state index contributed by atoms with van der Waals surface area (Å²) in [5.41, 5.74) is 1.74. The summed E-state index contributed by atoms with van der Waals surface area (Å²) in [5, 5.41) is 10.4. The lowest BCUT2D eigenvalue weighted by Gasteiger charge is -2.09. The van der Waals surface area contributed by atoms with Gasteiger partial charge in [0.15, 0.2) is 0 Å². The second kappa shape index (κ2) is 7.10. The monoisotopic (exact) mass is 259 g/mol. The minimum atomic E-state index is 0.00915. The molecule has 3 nitrogen and oxygen atoms in total. The zero-order chi connectivity index (χ0) is 13.5. The molecule has 0 aliphatic rings. The summed E-state index contributed by atoms with van der Waals surface area (Å²) in [6, 6.07) is 9.65. The number of para-hydroxylation sites is 1. The summed E-state index contributed by atoms with van der Waals surface area (Å²) in [6.45, 7) is 2.89. The number of rotatable bonds is 7. The highest BCUT2D eigenvalue weighted by molar-refractivity contribution is 5.82. The Hall–Kier alpha value is -1.61. The number of ether oxygens (including phenoxy) is 1. The summed E-state index contributed by atoms with van der Waals surface area (Å²) in [4.78, 5) is 4.47. The van der Waals surface area contributed by atoms with Gasteiger partial charge in [0, 0.05) is 11.5 Å². The van der Waals surface area contributed by atoms with Crippen LogP contribution in [0.5, 0.6) is 5.88 Å². The maximum atomic E-state index is 9.42. The highest BCUT2D eigenvalue weighted by Gasteiger charge is 2.05. The van der Waals surface area contributed by atoms with Crippen molar-refractivity contribution < 1.29 is 9.84 Å². The molecule has 0 spiro atoms. The number of aliphatic hydroxyl groups excluding tert-OH is 1. The van der Waals surface area contributed by atoms with E-state index in [2.05, 4.69) is 11.9 Å². The number of unbranched alkanes of at least 4 members (excludes halogenated alkanes) is 3. The quantitative estimate of drug-likeness (QED) is 0.771. The summed E-state index contributed by atoms with van der Waals surface area (Å²) in [5.74, 6) is 0.610. The van der Waals surface area contributed by atoms with Gasteiger partial charge in [-0.15, -0.1) is 0 Å². The zero-order valence-electron chi connectivity index (χ0n) is 11.4. The van der Waals surface area contributed by atoms with Crippen LogP contribution in [0.3, 0.4) is 0 Å². The normalized spacial score (nSPS) is 10.8. The maximum Gasteiger partial charge on any atom is 0.214 e. The van der Waals surface area contributed by atoms with E-state index in [0.717, 1.165) is 22.9 Å². The third kappa shape index (κ3) is 3.67. The fourth-order valence-corrected chi connectivity index (χ4v) is 2.13. The minimum absolute atomic E-state index is 0.00915. The Bertz CT molecular complexity index is 525. The number of aliphatic hydroxyl groups is 1. The molecule has 2 aromatic rings. The fourth-order valence-electron chi connectivity index (χ4n) is 2.13. The lowest BCUT2D eigenvalue weighted by Crippen LogP contribution is -2.00. The maximum absolute atomic E-state index is 9.42. The molecule has 0 radical (unpaired) electrons. The van der Waals surface area contributed by atoms with E-state index in [1.54, 1.807) is 0 Å². The third-order valence-corrected chi connectivity index (χ3v) is 3.20. The van der Waals surface area contributed by atoms with E-state index in [-0.39, 0.29) is 6.61 Å². The molecule has 0 unspecified atom stereocenters. The number of nitrogens with zero attached hydrogens (tertiary/aromatic N) is 1. The molecule has 1 heterocycles. The molecule has 102 valence electrons. The largest absolute Gasteiger partial charge is 0.478 e. The van der Waals surface area contributed by atoms with Gasteiger partial charge in [0.05, 0.1) is 18.7 Å². The van der Waals surface area contributed by atoms with Gasteiger partial charge in [0.2, 0.25) is 5.88 Å². The van der Waals surface area contributed by atoms with E-state index in [1.165, 1.54) is 19.3 Å². The molecule has 1 N–H and O–H groups in total. The van der Waals surface area contributed by atoms with Crippen LogP contribution >= 0.6 is 0 Å². The lowest BCUT2D eigenvalue weighted by molar-refractivity contribution is 0.277. The molecule has 0 saturated carbocycles. The zero-order valence-corrected chi connectivity index (χ0v) is 11.4. The van der Waals surface area contributed by atoms with Crippen LogP contribution in [0.15, 0.2) is 30.3 Å². The van der Waals surface area contributed by atoms with Crippen LogP contribution in [0.4, 0.5) is 0 Å². The van der Waals surface area contributed by atoms with Gasteiger partial charge in [0.25, 0.3) is 0 Å². The molecule has 0 bridgehead atoms. The summed E-state index contributed by atoms with van der Waals surface area (Å²) in [6.07, 6.45) is 4.72. The topological polar surface area (TPSA) is 42.4 Å². The van der Waals surface area contributed by atoms with Crippen molar-refractivity contribution in [1.29, 1.82) is 0 Å². The third-order valence-electron chi connectivity index (χ3n) is 3.20. The molecule has 0 aliphatic carbocycles. The number of pyridine rings is 1. The van der Waals surface area contributed by atoms with E-state index in [0.29, 0.717) is 12.5 Å². The highest BCUT2D eigenvalue weighted by atomic mass is 16.5. The van der Waals surface area contributed by atoms with Gasteiger partial charge in [-0.2, -0.15) is 0 Å². The van der Waals surface area contributed by atoms with Crippen LogP contribution in [-0.4, -0.2) is 16.7 Å². The molecule has 3 heteroatoms. The standard InChI is InChI=1S/C16H21NO2/c1-2-3-4-7-10-19-16-11-13(12-18)14-8-5-6-9-15(14)17-16/h5-6,8-9,11,18H,2-4,7,10,12H2,1H3. The summed E-state index contributed by atoms with van der Waals surface area (Å²) in [7, 11) is 0. The van der Waals surface area contributed by atoms with Crippen molar-refractivity contribution in [3.8, 4) is 5.88 Å². The summed E-state index contributed by atoms with van der Waals surface area (Å²) >= 11 is 0. The van der Waals surface area contributed by atoms with Crippen LogP contribution in [0, 0.1) is 0 Å². The second-order valence-electron chi connectivity index (χ2n) is 4.70. The Morgan fingerprint density at radius 2 is 2.00 bits per heavy atom. The lowest BCUT2D eigenvalue weighted by atomic mass is 10.1. The van der Waals surface area contributed by atoms with Crippen molar-refractivity contribution in [2.75, 3.05) is 6.61 Å². The van der Waals surface area contributed by atoms with Crippen LogP contribution in [-0.2, 0) is 6.61 Å². The molecule has 0 fully saturated rings. The molecule has 2 rings (SSSR count). The number of hydrogen-bond donors (Lipinski definition) is 1. The number of fused-ring (bicyclic) bond motifs is 1. The fraction of sp³-hybridized carbons (Fsp3) is 0.438. The Balaban J connectivity index is 2.07. The predicted octanol–water partition coefficient (Wildman–Crippen LogP) is 3.69. The van der Waals surface area contributed by atoms with Crippen LogP contribution in [0.2, 0.25) is 0 Å². The van der Waals surface area contributed by atoms with E-state index >= 15 is 0 Å². The van der Waals surface area contributed by atoms with Crippen molar-refractivity contribution in [2.24, 2.45) is 0 Å². The van der Waals surface area contributed by atoms with Crippen LogP contribution in [0.1, 0.15) is 38.2 Å². The number of hydrogen-bond acceptors (Lipinski definition) is 3. The second-order valence-corrected chi connectivity index (χ2v) is 4.70. The Kier molecular flexibility index (Phi) is 5.16. The van der Waals surface area contributed by atoms with Crippen molar-refractivity contribution in [1.82, 2.24) is 4.98 Å².